The van der Waals surface area contributed by atoms with Crippen molar-refractivity contribution in [3.8, 4) is 0 Å². The van der Waals surface area contributed by atoms with Gasteiger partial charge in [0.15, 0.2) is 0 Å². The predicted molar refractivity (Wildman–Crippen MR) is 59.7 cm³/mol. The third-order valence-electron chi connectivity index (χ3n) is 2.68. The van der Waals surface area contributed by atoms with Crippen molar-refractivity contribution in [2.45, 2.75) is 27.7 Å². The lowest BCUT2D eigenvalue weighted by molar-refractivity contribution is -0.386. The molecule has 0 N–H and O–H groups in total. The maximum Gasteiger partial charge on any atom is 0.275 e. The number of nitrogens with zero attached hydrogens (tertiary/aromatic N) is 1. The summed E-state index contributed by atoms with van der Waals surface area (Å²) in [5.74, 6) is 0. The van der Waals surface area contributed by atoms with Crippen molar-refractivity contribution in [3.05, 3.63) is 36.8 Å². The van der Waals surface area contributed by atoms with Crippen LogP contribution in [-0.2, 0) is 0 Å². The van der Waals surface area contributed by atoms with Crippen LogP contribution < -0.4 is 0 Å². The molecule has 0 spiro atoms. The van der Waals surface area contributed by atoms with Gasteiger partial charge in [-0.05, 0) is 38.8 Å². The first-order valence-electron chi connectivity index (χ1n) is 4.28. The molecule has 0 unspecified atom stereocenters. The number of benzene rings is 1. The van der Waals surface area contributed by atoms with Crippen molar-refractivity contribution in [2.24, 2.45) is 0 Å². The molecule has 1 rings (SSSR count). The van der Waals surface area contributed by atoms with Crippen LogP contribution in [0.15, 0.2) is 4.47 Å². The minimum atomic E-state index is -0.308. The molecule has 3 nitrogen and oxygen atoms in total. The van der Waals surface area contributed by atoms with Gasteiger partial charge in [0.1, 0.15) is 0 Å². The summed E-state index contributed by atoms with van der Waals surface area (Å²) in [5.41, 5.74) is 3.61. The summed E-state index contributed by atoms with van der Waals surface area (Å²) in [4.78, 5) is 10.5. The molecule has 76 valence electrons. The second-order valence-electron chi connectivity index (χ2n) is 3.42. The molecule has 0 aliphatic heterocycles. The molecule has 4 heteroatoms. The van der Waals surface area contributed by atoms with E-state index < -0.39 is 0 Å². The van der Waals surface area contributed by atoms with E-state index in [1.54, 1.807) is 13.8 Å². The Bertz CT molecular complexity index is 384. The van der Waals surface area contributed by atoms with E-state index in [1.807, 2.05) is 13.8 Å². The fourth-order valence-corrected chi connectivity index (χ4v) is 2.12. The lowest BCUT2D eigenvalue weighted by Crippen LogP contribution is -2.00. The molecule has 1 aromatic carbocycles. The fraction of sp³-hybridized carbons (Fsp3) is 0.400. The Morgan fingerprint density at radius 2 is 1.36 bits per heavy atom. The molecule has 0 radical (unpaired) electrons. The minimum Gasteiger partial charge on any atom is -0.258 e. The number of nitro benzene ring substituents is 1. The van der Waals surface area contributed by atoms with E-state index in [1.165, 1.54) is 0 Å². The van der Waals surface area contributed by atoms with Gasteiger partial charge in [-0.2, -0.15) is 0 Å². The van der Waals surface area contributed by atoms with Gasteiger partial charge in [-0.1, -0.05) is 15.9 Å². The zero-order valence-electron chi connectivity index (χ0n) is 8.64. The molecule has 0 saturated carbocycles. The van der Waals surface area contributed by atoms with Crippen LogP contribution in [0.25, 0.3) is 0 Å². The zero-order valence-corrected chi connectivity index (χ0v) is 10.2. The van der Waals surface area contributed by atoms with Crippen molar-refractivity contribution < 1.29 is 4.92 Å². The van der Waals surface area contributed by atoms with Gasteiger partial charge >= 0.3 is 0 Å². The zero-order chi connectivity index (χ0) is 11.0. The van der Waals surface area contributed by atoms with Gasteiger partial charge in [0.05, 0.1) is 4.92 Å². The molecular formula is C10H12BrNO2. The highest BCUT2D eigenvalue weighted by Crippen LogP contribution is 2.34. The highest BCUT2D eigenvalue weighted by molar-refractivity contribution is 9.10. The average molecular weight is 258 g/mol. The molecular weight excluding hydrogens is 246 g/mol. The van der Waals surface area contributed by atoms with Crippen molar-refractivity contribution in [1.82, 2.24) is 0 Å². The molecule has 14 heavy (non-hydrogen) atoms. The Labute approximate surface area is 91.4 Å². The van der Waals surface area contributed by atoms with Gasteiger partial charge in [-0.25, -0.2) is 0 Å². The van der Waals surface area contributed by atoms with Crippen LogP contribution in [0.5, 0.6) is 0 Å². The van der Waals surface area contributed by atoms with Crippen LogP contribution in [0.2, 0.25) is 0 Å². The molecule has 0 aliphatic rings. The Morgan fingerprint density at radius 1 is 1.00 bits per heavy atom. The fourth-order valence-electron chi connectivity index (χ4n) is 1.52. The summed E-state index contributed by atoms with van der Waals surface area (Å²) in [5, 5.41) is 10.8. The van der Waals surface area contributed by atoms with Gasteiger partial charge in [0.25, 0.3) is 5.69 Å². The topological polar surface area (TPSA) is 43.1 Å². The SMILES string of the molecule is Cc1c(C)c([N+](=O)[O-])c(C)c(C)c1Br. The number of hydrogen-bond acceptors (Lipinski definition) is 2. The standard InChI is InChI=1S/C10H12BrNO2/c1-5-7(3)10(12(13)14)8(4)6(2)9(5)11/h1-4H3. The lowest BCUT2D eigenvalue weighted by Gasteiger charge is -2.11. The second-order valence-corrected chi connectivity index (χ2v) is 4.21. The molecule has 0 aliphatic carbocycles. The van der Waals surface area contributed by atoms with Crippen molar-refractivity contribution in [3.63, 3.8) is 0 Å². The molecule has 1 aromatic rings. The van der Waals surface area contributed by atoms with Gasteiger partial charge in [-0.3, -0.25) is 10.1 Å². The van der Waals surface area contributed by atoms with Crippen LogP contribution in [0.1, 0.15) is 22.3 Å². The monoisotopic (exact) mass is 257 g/mol. The van der Waals surface area contributed by atoms with E-state index in [4.69, 9.17) is 0 Å². The van der Waals surface area contributed by atoms with Crippen molar-refractivity contribution in [1.29, 1.82) is 0 Å². The maximum absolute atomic E-state index is 10.8. The van der Waals surface area contributed by atoms with Crippen LogP contribution in [-0.4, -0.2) is 4.92 Å². The molecule has 0 bridgehead atoms. The van der Waals surface area contributed by atoms with Crippen LogP contribution >= 0.6 is 15.9 Å². The predicted octanol–water partition coefficient (Wildman–Crippen LogP) is 3.59. The van der Waals surface area contributed by atoms with E-state index in [0.29, 0.717) is 0 Å². The van der Waals surface area contributed by atoms with Gasteiger partial charge in [-0.15, -0.1) is 0 Å². The van der Waals surface area contributed by atoms with E-state index in [9.17, 15) is 10.1 Å². The first-order chi connectivity index (χ1) is 6.37. The Balaban J connectivity index is 3.68. The third-order valence-corrected chi connectivity index (χ3v) is 3.87. The number of nitro groups is 1. The van der Waals surface area contributed by atoms with E-state index in [2.05, 4.69) is 15.9 Å². The molecule has 0 amide bonds. The third kappa shape index (κ3) is 1.54. The highest BCUT2D eigenvalue weighted by Gasteiger charge is 2.20. The molecule has 0 atom stereocenters. The van der Waals surface area contributed by atoms with E-state index in [0.717, 1.165) is 26.7 Å². The van der Waals surface area contributed by atoms with Crippen LogP contribution in [0.4, 0.5) is 5.69 Å². The Morgan fingerprint density at radius 3 is 1.64 bits per heavy atom. The molecule has 0 fully saturated rings. The average Bonchev–Trinajstić information content (AvgIpc) is 2.11. The van der Waals surface area contributed by atoms with Crippen LogP contribution in [0.3, 0.4) is 0 Å². The number of halogens is 1. The van der Waals surface area contributed by atoms with E-state index >= 15 is 0 Å². The van der Waals surface area contributed by atoms with Gasteiger partial charge in [0, 0.05) is 15.6 Å². The Kier molecular flexibility index (Phi) is 2.95. The summed E-state index contributed by atoms with van der Waals surface area (Å²) in [6.07, 6.45) is 0. The molecule has 0 heterocycles. The number of hydrogen-bond donors (Lipinski definition) is 0. The quantitative estimate of drug-likeness (QED) is 0.570. The molecule has 0 aromatic heterocycles. The number of rotatable bonds is 1. The van der Waals surface area contributed by atoms with Gasteiger partial charge < -0.3 is 0 Å². The lowest BCUT2D eigenvalue weighted by atomic mass is 9.99. The maximum atomic E-state index is 10.8. The minimum absolute atomic E-state index is 0.239. The summed E-state index contributed by atoms with van der Waals surface area (Å²) in [7, 11) is 0. The highest BCUT2D eigenvalue weighted by atomic mass is 79.9. The largest absolute Gasteiger partial charge is 0.275 e. The Hall–Kier alpha value is -0.900. The first kappa shape index (κ1) is 11.2. The van der Waals surface area contributed by atoms with Crippen LogP contribution in [0, 0.1) is 37.8 Å². The molecule has 0 saturated heterocycles. The van der Waals surface area contributed by atoms with Crippen molar-refractivity contribution in [2.75, 3.05) is 0 Å². The summed E-state index contributed by atoms with van der Waals surface area (Å²) in [6.45, 7) is 7.34. The van der Waals surface area contributed by atoms with Crippen molar-refractivity contribution >= 4 is 21.6 Å². The van der Waals surface area contributed by atoms with E-state index in [-0.39, 0.29) is 10.6 Å². The van der Waals surface area contributed by atoms with Gasteiger partial charge in [0.2, 0.25) is 0 Å². The second kappa shape index (κ2) is 3.69. The summed E-state index contributed by atoms with van der Waals surface area (Å²) in [6, 6.07) is 0. The smallest absolute Gasteiger partial charge is 0.258 e. The summed E-state index contributed by atoms with van der Waals surface area (Å²) >= 11 is 3.44. The normalized spacial score (nSPS) is 10.4. The first-order valence-corrected chi connectivity index (χ1v) is 5.07. The summed E-state index contributed by atoms with van der Waals surface area (Å²) < 4.78 is 0.970.